The van der Waals surface area contributed by atoms with Crippen molar-refractivity contribution >= 4 is 27.5 Å². The van der Waals surface area contributed by atoms with Gasteiger partial charge in [0.05, 0.1) is 10.2 Å². The molecular weight excluding hydrogens is 304 g/mol. The van der Waals surface area contributed by atoms with Crippen molar-refractivity contribution in [3.63, 3.8) is 0 Å². The standard InChI is InChI=1S/C19H22N2OS/c1-2-3-11-20-19(22)17-14-18-16(10-13-23-18)21(17)12-9-15-7-5-4-6-8-15/h4-8,10,13-14H,2-3,9,11-12H2,1H3,(H,20,22). The van der Waals surface area contributed by atoms with Crippen molar-refractivity contribution in [2.45, 2.75) is 32.7 Å². The molecule has 3 aromatic rings. The van der Waals surface area contributed by atoms with Crippen molar-refractivity contribution in [1.29, 1.82) is 0 Å². The smallest absolute Gasteiger partial charge is 0.267 e. The molecule has 1 aromatic carbocycles. The summed E-state index contributed by atoms with van der Waals surface area (Å²) in [6.07, 6.45) is 3.03. The van der Waals surface area contributed by atoms with E-state index >= 15 is 0 Å². The number of rotatable bonds is 7. The second kappa shape index (κ2) is 7.47. The molecule has 0 unspecified atom stereocenters. The van der Waals surface area contributed by atoms with Gasteiger partial charge in [-0.3, -0.25) is 4.79 Å². The molecule has 0 bridgehead atoms. The number of aromatic nitrogens is 1. The van der Waals surface area contributed by atoms with Crippen LogP contribution in [-0.4, -0.2) is 17.0 Å². The largest absolute Gasteiger partial charge is 0.351 e. The number of fused-ring (bicyclic) bond motifs is 1. The maximum Gasteiger partial charge on any atom is 0.267 e. The zero-order chi connectivity index (χ0) is 16.1. The first-order valence-electron chi connectivity index (χ1n) is 8.18. The molecule has 0 aliphatic rings. The summed E-state index contributed by atoms with van der Waals surface area (Å²) in [6.45, 7) is 3.69. The first kappa shape index (κ1) is 15.8. The topological polar surface area (TPSA) is 34.0 Å². The van der Waals surface area contributed by atoms with E-state index in [-0.39, 0.29) is 5.91 Å². The average molecular weight is 326 g/mol. The van der Waals surface area contributed by atoms with Gasteiger partial charge in [-0.15, -0.1) is 11.3 Å². The molecule has 0 fully saturated rings. The number of thiophene rings is 1. The second-order valence-corrected chi connectivity index (χ2v) is 6.64. The van der Waals surface area contributed by atoms with Crippen LogP contribution in [0.3, 0.4) is 0 Å². The number of nitrogens with zero attached hydrogens (tertiary/aromatic N) is 1. The lowest BCUT2D eigenvalue weighted by atomic mass is 10.1. The number of benzene rings is 1. The molecule has 1 N–H and O–H groups in total. The minimum atomic E-state index is 0.0370. The molecule has 120 valence electrons. The highest BCUT2D eigenvalue weighted by Gasteiger charge is 2.15. The van der Waals surface area contributed by atoms with Crippen LogP contribution in [0.5, 0.6) is 0 Å². The van der Waals surface area contributed by atoms with Crippen molar-refractivity contribution in [2.75, 3.05) is 6.54 Å². The lowest BCUT2D eigenvalue weighted by molar-refractivity contribution is 0.0944. The Morgan fingerprint density at radius 3 is 2.83 bits per heavy atom. The van der Waals surface area contributed by atoms with Crippen LogP contribution in [-0.2, 0) is 13.0 Å². The minimum Gasteiger partial charge on any atom is -0.351 e. The van der Waals surface area contributed by atoms with Crippen LogP contribution < -0.4 is 5.32 Å². The van der Waals surface area contributed by atoms with Crippen LogP contribution in [0, 0.1) is 0 Å². The predicted octanol–water partition coefficient (Wildman–Crippen LogP) is 4.48. The number of hydrogen-bond donors (Lipinski definition) is 1. The van der Waals surface area contributed by atoms with Crippen molar-refractivity contribution in [2.24, 2.45) is 0 Å². The summed E-state index contributed by atoms with van der Waals surface area (Å²) < 4.78 is 3.33. The zero-order valence-corrected chi connectivity index (χ0v) is 14.2. The van der Waals surface area contributed by atoms with Crippen molar-refractivity contribution in [3.05, 3.63) is 59.1 Å². The summed E-state index contributed by atoms with van der Waals surface area (Å²) in [6, 6.07) is 14.5. The average Bonchev–Trinajstić information content (AvgIpc) is 3.15. The van der Waals surface area contributed by atoms with E-state index in [1.54, 1.807) is 11.3 Å². The van der Waals surface area contributed by atoms with Gasteiger partial charge in [-0.2, -0.15) is 0 Å². The van der Waals surface area contributed by atoms with Crippen LogP contribution in [0.25, 0.3) is 10.2 Å². The third-order valence-electron chi connectivity index (χ3n) is 4.04. The minimum absolute atomic E-state index is 0.0370. The molecule has 0 aliphatic carbocycles. The lowest BCUT2D eigenvalue weighted by Crippen LogP contribution is -2.27. The van der Waals surface area contributed by atoms with E-state index in [9.17, 15) is 4.79 Å². The number of carbonyl (C=O) groups excluding carboxylic acids is 1. The van der Waals surface area contributed by atoms with Gasteiger partial charge in [-0.25, -0.2) is 0 Å². The van der Waals surface area contributed by atoms with Gasteiger partial charge in [-0.05, 0) is 35.9 Å². The van der Waals surface area contributed by atoms with Crippen molar-refractivity contribution in [1.82, 2.24) is 9.88 Å². The Balaban J connectivity index is 1.80. The Morgan fingerprint density at radius 2 is 2.04 bits per heavy atom. The maximum atomic E-state index is 12.5. The number of aryl methyl sites for hydroxylation is 2. The van der Waals surface area contributed by atoms with Gasteiger partial charge < -0.3 is 9.88 Å². The molecule has 2 aromatic heterocycles. The fourth-order valence-corrected chi connectivity index (χ4v) is 3.58. The van der Waals surface area contributed by atoms with Gasteiger partial charge >= 0.3 is 0 Å². The van der Waals surface area contributed by atoms with Gasteiger partial charge in [-0.1, -0.05) is 43.7 Å². The molecule has 3 rings (SSSR count). The summed E-state index contributed by atoms with van der Waals surface area (Å²) in [5.41, 5.74) is 3.23. The number of hydrogen-bond acceptors (Lipinski definition) is 2. The van der Waals surface area contributed by atoms with Crippen molar-refractivity contribution in [3.8, 4) is 0 Å². The van der Waals surface area contributed by atoms with Gasteiger partial charge in [0.15, 0.2) is 0 Å². The fraction of sp³-hybridized carbons (Fsp3) is 0.316. The highest BCUT2D eigenvalue weighted by Crippen LogP contribution is 2.25. The van der Waals surface area contributed by atoms with Gasteiger partial charge in [0, 0.05) is 13.1 Å². The van der Waals surface area contributed by atoms with Crippen LogP contribution in [0.4, 0.5) is 0 Å². The molecule has 2 heterocycles. The molecule has 23 heavy (non-hydrogen) atoms. The number of carbonyl (C=O) groups is 1. The van der Waals surface area contributed by atoms with E-state index < -0.39 is 0 Å². The summed E-state index contributed by atoms with van der Waals surface area (Å²) in [7, 11) is 0. The first-order chi connectivity index (χ1) is 11.3. The van der Waals surface area contributed by atoms with Gasteiger partial charge in [0.2, 0.25) is 0 Å². The van der Waals surface area contributed by atoms with E-state index in [1.165, 1.54) is 10.3 Å². The SMILES string of the molecule is CCCCNC(=O)c1cc2sccc2n1CCc1ccccc1. The molecule has 1 amide bonds. The number of unbranched alkanes of at least 4 members (excludes halogenated alkanes) is 1. The molecule has 0 atom stereocenters. The van der Waals surface area contributed by atoms with E-state index in [2.05, 4.69) is 52.5 Å². The molecule has 0 saturated heterocycles. The third-order valence-corrected chi connectivity index (χ3v) is 4.89. The second-order valence-electron chi connectivity index (χ2n) is 5.70. The van der Waals surface area contributed by atoms with Gasteiger partial charge in [0.25, 0.3) is 5.91 Å². The highest BCUT2D eigenvalue weighted by molar-refractivity contribution is 7.17. The summed E-state index contributed by atoms with van der Waals surface area (Å²) in [5, 5.41) is 5.12. The molecule has 4 heteroatoms. The number of nitrogens with one attached hydrogen (secondary N) is 1. The predicted molar refractivity (Wildman–Crippen MR) is 97.2 cm³/mol. The Hall–Kier alpha value is -2.07. The molecule has 0 radical (unpaired) electrons. The Kier molecular flexibility index (Phi) is 5.13. The lowest BCUT2D eigenvalue weighted by Gasteiger charge is -2.11. The maximum absolute atomic E-state index is 12.5. The molecule has 0 aliphatic heterocycles. The summed E-state index contributed by atoms with van der Waals surface area (Å²) in [4.78, 5) is 12.5. The van der Waals surface area contributed by atoms with E-state index in [4.69, 9.17) is 0 Å². The first-order valence-corrected chi connectivity index (χ1v) is 9.06. The van der Waals surface area contributed by atoms with Gasteiger partial charge in [0.1, 0.15) is 5.69 Å². The highest BCUT2D eigenvalue weighted by atomic mass is 32.1. The molecule has 0 spiro atoms. The van der Waals surface area contributed by atoms with Crippen LogP contribution in [0.15, 0.2) is 47.8 Å². The normalized spacial score (nSPS) is 11.0. The Morgan fingerprint density at radius 1 is 1.22 bits per heavy atom. The van der Waals surface area contributed by atoms with E-state index in [1.807, 2.05) is 12.1 Å². The molecule has 3 nitrogen and oxygen atoms in total. The molecule has 0 saturated carbocycles. The fourth-order valence-electron chi connectivity index (χ4n) is 2.76. The van der Waals surface area contributed by atoms with Crippen LogP contribution >= 0.6 is 11.3 Å². The quantitative estimate of drug-likeness (QED) is 0.638. The Bertz CT molecular complexity index is 773. The van der Waals surface area contributed by atoms with E-state index in [0.29, 0.717) is 0 Å². The van der Waals surface area contributed by atoms with Crippen LogP contribution in [0.1, 0.15) is 35.8 Å². The van der Waals surface area contributed by atoms with E-state index in [0.717, 1.165) is 43.6 Å². The molecular formula is C19H22N2OS. The third kappa shape index (κ3) is 3.64. The summed E-state index contributed by atoms with van der Waals surface area (Å²) >= 11 is 1.69. The monoisotopic (exact) mass is 326 g/mol. The summed E-state index contributed by atoms with van der Waals surface area (Å²) in [5.74, 6) is 0.0370. The van der Waals surface area contributed by atoms with Crippen LogP contribution in [0.2, 0.25) is 0 Å². The Labute approximate surface area is 140 Å². The zero-order valence-electron chi connectivity index (χ0n) is 13.4. The van der Waals surface area contributed by atoms with Crippen molar-refractivity contribution < 1.29 is 4.79 Å². The number of amides is 1.